The van der Waals surface area contributed by atoms with Crippen molar-refractivity contribution < 1.29 is 4.48 Å². The molecular formula is C15H11FN2O2. The second-order valence-corrected chi connectivity index (χ2v) is 4.56. The number of fused-ring (bicyclic) bond motifs is 1. The molecule has 5 heteroatoms. The monoisotopic (exact) mass is 270 g/mol. The molecule has 0 saturated carbocycles. The van der Waals surface area contributed by atoms with Gasteiger partial charge in [-0.2, -0.15) is 0 Å². The Kier molecular flexibility index (Phi) is 2.75. The first-order valence-corrected chi connectivity index (χ1v) is 6.09. The lowest BCUT2D eigenvalue weighted by Crippen LogP contribution is -2.36. The van der Waals surface area contributed by atoms with Crippen LogP contribution in [0.4, 0.5) is 4.48 Å². The number of aryl methyl sites for hydroxylation is 1. The molecule has 0 unspecified atom stereocenters. The highest BCUT2D eigenvalue weighted by Gasteiger charge is 2.13. The van der Waals surface area contributed by atoms with Crippen molar-refractivity contribution in [3.63, 3.8) is 0 Å². The topological polar surface area (TPSA) is 44.0 Å². The van der Waals surface area contributed by atoms with E-state index < -0.39 is 11.2 Å². The zero-order valence-electron chi connectivity index (χ0n) is 10.7. The molecule has 0 atom stereocenters. The minimum Gasteiger partial charge on any atom is -0.268 e. The predicted octanol–water partition coefficient (Wildman–Crippen LogP) is 2.19. The first-order valence-electron chi connectivity index (χ1n) is 6.09. The molecule has 0 saturated heterocycles. The van der Waals surface area contributed by atoms with Gasteiger partial charge in [-0.3, -0.25) is 4.79 Å². The van der Waals surface area contributed by atoms with E-state index in [1.165, 1.54) is 12.1 Å². The molecule has 0 spiro atoms. The van der Waals surface area contributed by atoms with Crippen molar-refractivity contribution in [3.8, 4) is 5.69 Å². The minimum atomic E-state index is -1.00. The van der Waals surface area contributed by atoms with E-state index in [9.17, 15) is 14.1 Å². The third-order valence-electron chi connectivity index (χ3n) is 3.17. The highest BCUT2D eigenvalue weighted by molar-refractivity contribution is 5.77. The van der Waals surface area contributed by atoms with E-state index >= 15 is 0 Å². The highest BCUT2D eigenvalue weighted by Crippen LogP contribution is 2.10. The number of halogens is 1. The smallest absolute Gasteiger partial charge is 0.268 e. The molecule has 3 rings (SSSR count). The summed E-state index contributed by atoms with van der Waals surface area (Å²) in [5.74, 6) is 0. The van der Waals surface area contributed by atoms with Crippen LogP contribution in [0.3, 0.4) is 0 Å². The molecule has 0 fully saturated rings. The maximum Gasteiger partial charge on any atom is 0.364 e. The van der Waals surface area contributed by atoms with Gasteiger partial charge in [0.25, 0.3) is 5.56 Å². The molecule has 0 amide bonds. The van der Waals surface area contributed by atoms with Crippen LogP contribution < -0.4 is 11.2 Å². The quantitative estimate of drug-likeness (QED) is 0.680. The summed E-state index contributed by atoms with van der Waals surface area (Å²) in [7, 11) is 0. The second-order valence-electron chi connectivity index (χ2n) is 4.56. The summed E-state index contributed by atoms with van der Waals surface area (Å²) in [6.45, 7) is 1.84. The summed E-state index contributed by atoms with van der Waals surface area (Å²) < 4.78 is 14.9. The van der Waals surface area contributed by atoms with E-state index in [0.717, 1.165) is 10.1 Å². The lowest BCUT2D eigenvalue weighted by atomic mass is 10.2. The molecule has 0 radical (unpaired) electrons. The van der Waals surface area contributed by atoms with Gasteiger partial charge < -0.3 is 0 Å². The second kappa shape index (κ2) is 4.45. The van der Waals surface area contributed by atoms with Gasteiger partial charge in [-0.25, -0.2) is 9.36 Å². The Labute approximate surface area is 113 Å². The highest BCUT2D eigenvalue weighted by atomic mass is 19.2. The first kappa shape index (κ1) is 12.3. The number of hydrogen-bond acceptors (Lipinski definition) is 2. The molecule has 0 aliphatic carbocycles. The van der Waals surface area contributed by atoms with Crippen LogP contribution in [0.1, 0.15) is 5.56 Å². The number of nitrogens with zero attached hydrogens (tertiary/aromatic N) is 2. The lowest BCUT2D eigenvalue weighted by molar-refractivity contribution is 0.356. The summed E-state index contributed by atoms with van der Waals surface area (Å²) in [5.41, 5.74) is -0.305. The van der Waals surface area contributed by atoms with Crippen LogP contribution in [-0.4, -0.2) is 9.36 Å². The molecule has 1 aromatic heterocycles. The normalized spacial score (nSPS) is 10.9. The van der Waals surface area contributed by atoms with Crippen LogP contribution in [-0.2, 0) is 0 Å². The van der Waals surface area contributed by atoms with Crippen LogP contribution in [0.25, 0.3) is 16.6 Å². The summed E-state index contributed by atoms with van der Waals surface area (Å²) in [6, 6.07) is 12.9. The fourth-order valence-electron chi connectivity index (χ4n) is 2.22. The molecule has 0 N–H and O–H groups in total. The molecule has 0 aliphatic rings. The minimum absolute atomic E-state index is 0.000926. The summed E-state index contributed by atoms with van der Waals surface area (Å²) in [4.78, 5) is 24.5. The maximum absolute atomic E-state index is 14.1. The number of benzene rings is 2. The Bertz CT molecular complexity index is 925. The molecule has 1 heterocycles. The molecule has 20 heavy (non-hydrogen) atoms. The van der Waals surface area contributed by atoms with Crippen molar-refractivity contribution >= 4 is 10.9 Å². The molecule has 3 aromatic rings. The van der Waals surface area contributed by atoms with Crippen molar-refractivity contribution in [2.24, 2.45) is 0 Å². The average molecular weight is 270 g/mol. The van der Waals surface area contributed by atoms with Gasteiger partial charge in [0.15, 0.2) is 0 Å². The summed E-state index contributed by atoms with van der Waals surface area (Å²) in [6.07, 6.45) is 0. The number of para-hydroxylation sites is 1. The summed E-state index contributed by atoms with van der Waals surface area (Å²) >= 11 is 0. The third-order valence-corrected chi connectivity index (χ3v) is 3.17. The summed E-state index contributed by atoms with van der Waals surface area (Å²) in [5, 5.41) is 0.163. The predicted molar refractivity (Wildman–Crippen MR) is 75.0 cm³/mol. The van der Waals surface area contributed by atoms with Crippen LogP contribution >= 0.6 is 0 Å². The van der Waals surface area contributed by atoms with Crippen molar-refractivity contribution in [2.45, 2.75) is 6.92 Å². The third kappa shape index (κ3) is 1.75. The zero-order chi connectivity index (χ0) is 14.3. The van der Waals surface area contributed by atoms with Crippen molar-refractivity contribution in [1.29, 1.82) is 0 Å². The van der Waals surface area contributed by atoms with Gasteiger partial charge in [0, 0.05) is 0 Å². The van der Waals surface area contributed by atoms with E-state index in [2.05, 4.69) is 0 Å². The fraction of sp³-hybridized carbons (Fsp3) is 0.0667. The largest absolute Gasteiger partial charge is 0.364 e. The Balaban J connectivity index is 2.49. The van der Waals surface area contributed by atoms with Gasteiger partial charge in [0.05, 0.1) is 16.6 Å². The average Bonchev–Trinajstić information content (AvgIpc) is 2.45. The van der Waals surface area contributed by atoms with Crippen LogP contribution in [0.2, 0.25) is 0 Å². The lowest BCUT2D eigenvalue weighted by Gasteiger charge is -2.08. The van der Waals surface area contributed by atoms with Crippen molar-refractivity contribution in [2.75, 3.05) is 0 Å². The molecular weight excluding hydrogens is 259 g/mol. The Morgan fingerprint density at radius 2 is 1.75 bits per heavy atom. The van der Waals surface area contributed by atoms with Gasteiger partial charge in [-0.1, -0.05) is 28.7 Å². The fourth-order valence-corrected chi connectivity index (χ4v) is 2.22. The molecule has 0 aliphatic heterocycles. The van der Waals surface area contributed by atoms with Gasteiger partial charge in [-0.05, 0) is 36.8 Å². The van der Waals surface area contributed by atoms with E-state index in [1.807, 2.05) is 13.0 Å². The molecule has 0 bridgehead atoms. The maximum atomic E-state index is 14.1. The van der Waals surface area contributed by atoms with Crippen LogP contribution in [0.15, 0.2) is 58.1 Å². The van der Waals surface area contributed by atoms with E-state index in [0.29, 0.717) is 5.69 Å². The Hall–Kier alpha value is -2.69. The zero-order valence-corrected chi connectivity index (χ0v) is 10.7. The molecule has 100 valence electrons. The van der Waals surface area contributed by atoms with Gasteiger partial charge in [-0.15, -0.1) is 4.79 Å². The number of aromatic nitrogens is 2. The standard InChI is InChI=1S/C15H11FN2O2/c1-10-5-4-6-11(9-10)17-14(19)12-7-2-3-8-13(12)18(16)15(17)20/h2-9H,1H3. The van der Waals surface area contributed by atoms with Gasteiger partial charge in [0.2, 0.25) is 0 Å². The van der Waals surface area contributed by atoms with Crippen LogP contribution in [0.5, 0.6) is 0 Å². The van der Waals surface area contributed by atoms with Gasteiger partial charge >= 0.3 is 5.69 Å². The first-order chi connectivity index (χ1) is 9.59. The Morgan fingerprint density at radius 3 is 2.50 bits per heavy atom. The Morgan fingerprint density at radius 1 is 1.00 bits per heavy atom. The number of rotatable bonds is 1. The molecule has 4 nitrogen and oxygen atoms in total. The van der Waals surface area contributed by atoms with Gasteiger partial charge in [0.1, 0.15) is 0 Å². The van der Waals surface area contributed by atoms with Crippen molar-refractivity contribution in [3.05, 3.63) is 74.9 Å². The molecule has 2 aromatic carbocycles. The number of hydrogen-bond donors (Lipinski definition) is 0. The van der Waals surface area contributed by atoms with E-state index in [4.69, 9.17) is 0 Å². The van der Waals surface area contributed by atoms with Crippen molar-refractivity contribution in [1.82, 2.24) is 9.36 Å². The SMILES string of the molecule is Cc1cccc(-n2c(=O)c3ccccc3n(F)c2=O)c1. The van der Waals surface area contributed by atoms with Crippen LogP contribution in [0, 0.1) is 6.92 Å². The van der Waals surface area contributed by atoms with E-state index in [-0.39, 0.29) is 15.7 Å². The van der Waals surface area contributed by atoms with E-state index in [1.54, 1.807) is 30.3 Å².